The first-order valence-corrected chi connectivity index (χ1v) is 6.88. The number of aryl methyl sites for hydroxylation is 1. The second-order valence-corrected chi connectivity index (χ2v) is 4.87. The molecule has 2 aromatic rings. The molecule has 0 radical (unpaired) electrons. The van der Waals surface area contributed by atoms with Crippen molar-refractivity contribution in [1.29, 1.82) is 0 Å². The molecule has 1 fully saturated rings. The number of hydrogen-bond acceptors (Lipinski definition) is 5. The molecule has 0 bridgehead atoms. The van der Waals surface area contributed by atoms with Crippen LogP contribution in [0.5, 0.6) is 0 Å². The highest BCUT2D eigenvalue weighted by Crippen LogP contribution is 2.22. The van der Waals surface area contributed by atoms with Gasteiger partial charge >= 0.3 is 0 Å². The minimum atomic E-state index is -0.435. The Kier molecular flexibility index (Phi) is 5.54. The fourth-order valence-corrected chi connectivity index (χ4v) is 2.17. The maximum absolute atomic E-state index is 12.0. The molecule has 1 aromatic carbocycles. The van der Waals surface area contributed by atoms with Crippen molar-refractivity contribution >= 4 is 24.0 Å². The first kappa shape index (κ1) is 16.5. The number of hydrogen-bond donors (Lipinski definition) is 2. The Labute approximate surface area is 134 Å². The van der Waals surface area contributed by atoms with E-state index in [9.17, 15) is 4.79 Å². The second kappa shape index (κ2) is 7.40. The number of aromatic nitrogens is 1. The van der Waals surface area contributed by atoms with E-state index < -0.39 is 6.10 Å². The van der Waals surface area contributed by atoms with Gasteiger partial charge in [-0.15, -0.1) is 12.4 Å². The van der Waals surface area contributed by atoms with E-state index in [2.05, 4.69) is 15.6 Å². The van der Waals surface area contributed by atoms with Crippen LogP contribution in [0.15, 0.2) is 34.9 Å². The van der Waals surface area contributed by atoms with Gasteiger partial charge in [0.05, 0.1) is 12.8 Å². The van der Waals surface area contributed by atoms with Crippen molar-refractivity contribution in [3.63, 3.8) is 0 Å². The summed E-state index contributed by atoms with van der Waals surface area (Å²) in [4.78, 5) is 16.1. The zero-order valence-corrected chi connectivity index (χ0v) is 13.0. The van der Waals surface area contributed by atoms with Crippen molar-refractivity contribution in [2.75, 3.05) is 25.0 Å². The van der Waals surface area contributed by atoms with Gasteiger partial charge in [0, 0.05) is 31.3 Å². The number of nitrogens with zero attached hydrogens (tertiary/aromatic N) is 1. The van der Waals surface area contributed by atoms with Crippen molar-refractivity contribution in [2.24, 2.45) is 0 Å². The number of nitrogens with one attached hydrogen (secondary N) is 2. The Morgan fingerprint density at radius 2 is 2.14 bits per heavy atom. The van der Waals surface area contributed by atoms with Gasteiger partial charge in [-0.1, -0.05) is 0 Å². The van der Waals surface area contributed by atoms with Crippen LogP contribution in [-0.4, -0.2) is 36.7 Å². The van der Waals surface area contributed by atoms with Gasteiger partial charge < -0.3 is 19.8 Å². The van der Waals surface area contributed by atoms with Crippen LogP contribution >= 0.6 is 12.4 Å². The van der Waals surface area contributed by atoms with Crippen LogP contribution in [0.4, 0.5) is 5.69 Å². The normalized spacial score (nSPS) is 17.6. The highest BCUT2D eigenvalue weighted by Gasteiger charge is 2.21. The van der Waals surface area contributed by atoms with Crippen LogP contribution < -0.4 is 10.6 Å². The van der Waals surface area contributed by atoms with Crippen molar-refractivity contribution in [1.82, 2.24) is 10.3 Å². The Balaban J connectivity index is 0.00000176. The molecule has 6 nitrogen and oxygen atoms in total. The summed E-state index contributed by atoms with van der Waals surface area (Å²) in [5.74, 6) is 1.21. The van der Waals surface area contributed by atoms with Gasteiger partial charge in [0.1, 0.15) is 6.10 Å². The quantitative estimate of drug-likeness (QED) is 0.903. The molecule has 3 rings (SSSR count). The maximum atomic E-state index is 12.0. The largest absolute Gasteiger partial charge is 0.441 e. The highest BCUT2D eigenvalue weighted by molar-refractivity contribution is 5.94. The summed E-state index contributed by atoms with van der Waals surface area (Å²) in [5.41, 5.74) is 1.65. The molecule has 22 heavy (non-hydrogen) atoms. The summed E-state index contributed by atoms with van der Waals surface area (Å²) < 4.78 is 10.9. The molecular formula is C15H18ClN3O3. The average molecular weight is 324 g/mol. The fourth-order valence-electron chi connectivity index (χ4n) is 2.17. The van der Waals surface area contributed by atoms with E-state index in [4.69, 9.17) is 9.15 Å². The zero-order valence-electron chi connectivity index (χ0n) is 12.2. The Hall–Kier alpha value is -1.89. The van der Waals surface area contributed by atoms with Crippen LogP contribution in [0.2, 0.25) is 0 Å². The molecule has 1 amide bonds. The van der Waals surface area contributed by atoms with E-state index in [1.54, 1.807) is 13.1 Å². The molecule has 2 heterocycles. The minimum absolute atomic E-state index is 0. The lowest BCUT2D eigenvalue weighted by atomic mass is 10.1. The summed E-state index contributed by atoms with van der Waals surface area (Å²) >= 11 is 0. The van der Waals surface area contributed by atoms with Crippen LogP contribution in [0, 0.1) is 6.92 Å². The first-order valence-electron chi connectivity index (χ1n) is 6.88. The summed E-state index contributed by atoms with van der Waals surface area (Å²) in [6.45, 7) is 3.69. The molecule has 0 spiro atoms. The standard InChI is InChI=1S/C15H17N3O3.ClH/c1-10-17-9-13(21-10)11-2-4-12(5-3-11)18-15(19)14-8-16-6-7-20-14;/h2-5,9,14,16H,6-8H2,1H3,(H,18,19);1H. The topological polar surface area (TPSA) is 76.4 Å². The Bertz CT molecular complexity index is 621. The zero-order chi connectivity index (χ0) is 14.7. The predicted molar refractivity (Wildman–Crippen MR) is 85.2 cm³/mol. The van der Waals surface area contributed by atoms with Gasteiger partial charge in [-0.2, -0.15) is 0 Å². The molecule has 1 aliphatic heterocycles. The number of rotatable bonds is 3. The molecule has 1 aromatic heterocycles. The number of oxazole rings is 1. The third-order valence-corrected chi connectivity index (χ3v) is 3.28. The molecule has 0 aliphatic carbocycles. The molecule has 118 valence electrons. The summed E-state index contributed by atoms with van der Waals surface area (Å²) in [6.07, 6.45) is 1.25. The van der Waals surface area contributed by atoms with E-state index >= 15 is 0 Å². The number of ether oxygens (including phenoxy) is 1. The molecule has 7 heteroatoms. The van der Waals surface area contributed by atoms with Gasteiger partial charge in [-0.3, -0.25) is 4.79 Å². The molecular weight excluding hydrogens is 306 g/mol. The number of amides is 1. The molecule has 0 saturated carbocycles. The number of anilines is 1. The Morgan fingerprint density at radius 1 is 1.36 bits per heavy atom. The number of carbonyl (C=O) groups is 1. The monoisotopic (exact) mass is 323 g/mol. The summed E-state index contributed by atoms with van der Waals surface area (Å²) in [7, 11) is 0. The molecule has 1 unspecified atom stereocenters. The third kappa shape index (κ3) is 3.85. The Morgan fingerprint density at radius 3 is 2.73 bits per heavy atom. The second-order valence-electron chi connectivity index (χ2n) is 4.87. The fraction of sp³-hybridized carbons (Fsp3) is 0.333. The van der Waals surface area contributed by atoms with E-state index in [-0.39, 0.29) is 18.3 Å². The molecule has 2 N–H and O–H groups in total. The SMILES string of the molecule is Cc1ncc(-c2ccc(NC(=O)C3CNCCO3)cc2)o1.Cl. The van der Waals surface area contributed by atoms with Crippen molar-refractivity contribution in [3.8, 4) is 11.3 Å². The molecule has 1 saturated heterocycles. The van der Waals surface area contributed by atoms with Gasteiger partial charge in [0.25, 0.3) is 5.91 Å². The van der Waals surface area contributed by atoms with E-state index in [0.29, 0.717) is 24.8 Å². The van der Waals surface area contributed by atoms with E-state index in [0.717, 1.165) is 17.8 Å². The smallest absolute Gasteiger partial charge is 0.254 e. The number of morpholine rings is 1. The lowest BCUT2D eigenvalue weighted by Gasteiger charge is -2.22. The van der Waals surface area contributed by atoms with Gasteiger partial charge in [0.2, 0.25) is 0 Å². The minimum Gasteiger partial charge on any atom is -0.441 e. The van der Waals surface area contributed by atoms with Crippen LogP contribution in [0.1, 0.15) is 5.89 Å². The van der Waals surface area contributed by atoms with E-state index in [1.807, 2.05) is 24.3 Å². The van der Waals surface area contributed by atoms with Gasteiger partial charge in [0.15, 0.2) is 11.7 Å². The molecule has 1 atom stereocenters. The van der Waals surface area contributed by atoms with Crippen LogP contribution in [0.3, 0.4) is 0 Å². The van der Waals surface area contributed by atoms with Crippen molar-refractivity contribution in [2.45, 2.75) is 13.0 Å². The number of halogens is 1. The summed E-state index contributed by atoms with van der Waals surface area (Å²) in [6, 6.07) is 7.44. The molecule has 1 aliphatic rings. The van der Waals surface area contributed by atoms with Crippen LogP contribution in [-0.2, 0) is 9.53 Å². The van der Waals surface area contributed by atoms with Crippen LogP contribution in [0.25, 0.3) is 11.3 Å². The third-order valence-electron chi connectivity index (χ3n) is 3.28. The predicted octanol–water partition coefficient (Wildman–Crippen LogP) is 2.00. The first-order chi connectivity index (χ1) is 10.2. The number of benzene rings is 1. The lowest BCUT2D eigenvalue weighted by Crippen LogP contribution is -2.45. The van der Waals surface area contributed by atoms with Crippen molar-refractivity contribution < 1.29 is 13.9 Å². The lowest BCUT2D eigenvalue weighted by molar-refractivity contribution is -0.128. The number of carbonyl (C=O) groups excluding carboxylic acids is 1. The highest BCUT2D eigenvalue weighted by atomic mass is 35.5. The van der Waals surface area contributed by atoms with Gasteiger partial charge in [-0.25, -0.2) is 4.98 Å². The van der Waals surface area contributed by atoms with Gasteiger partial charge in [-0.05, 0) is 24.3 Å². The summed E-state index contributed by atoms with van der Waals surface area (Å²) in [5, 5.41) is 5.97. The van der Waals surface area contributed by atoms with Crippen molar-refractivity contribution in [3.05, 3.63) is 36.4 Å². The maximum Gasteiger partial charge on any atom is 0.254 e. The van der Waals surface area contributed by atoms with E-state index in [1.165, 1.54) is 0 Å². The average Bonchev–Trinajstić information content (AvgIpc) is 2.95.